The lowest BCUT2D eigenvalue weighted by Crippen LogP contribution is -2.35. The summed E-state index contributed by atoms with van der Waals surface area (Å²) >= 11 is 6.29. The molecule has 4 nitrogen and oxygen atoms in total. The van der Waals surface area contributed by atoms with Crippen molar-refractivity contribution in [2.24, 2.45) is 5.92 Å². The molecule has 1 saturated carbocycles. The van der Waals surface area contributed by atoms with Gasteiger partial charge in [0.2, 0.25) is 0 Å². The van der Waals surface area contributed by atoms with Crippen molar-refractivity contribution in [2.45, 2.75) is 52.1 Å². The van der Waals surface area contributed by atoms with Crippen LogP contribution in [0.2, 0.25) is 5.02 Å². The summed E-state index contributed by atoms with van der Waals surface area (Å²) < 4.78 is 15.6. The van der Waals surface area contributed by atoms with E-state index in [1.807, 2.05) is 23.1 Å². The summed E-state index contributed by atoms with van der Waals surface area (Å²) in [6.45, 7) is 5.19. The van der Waals surface area contributed by atoms with Gasteiger partial charge in [-0.2, -0.15) is 0 Å². The molecule has 30 heavy (non-hydrogen) atoms. The van der Waals surface area contributed by atoms with Gasteiger partial charge < -0.3 is 9.47 Å². The minimum Gasteiger partial charge on any atom is -0.331 e. The molecule has 158 valence electrons. The monoisotopic (exact) mass is 427 g/mol. The largest absolute Gasteiger partial charge is 0.331 e. The van der Waals surface area contributed by atoms with Crippen LogP contribution >= 0.6 is 11.6 Å². The number of amides is 1. The molecule has 1 aliphatic carbocycles. The lowest BCUT2D eigenvalue weighted by Gasteiger charge is -2.26. The summed E-state index contributed by atoms with van der Waals surface area (Å²) in [4.78, 5) is 20.0. The molecule has 0 unspecified atom stereocenters. The Balaban J connectivity index is 1.72. The Morgan fingerprint density at radius 2 is 1.90 bits per heavy atom. The molecule has 1 fully saturated rings. The average molecular weight is 428 g/mol. The van der Waals surface area contributed by atoms with Crippen molar-refractivity contribution >= 4 is 28.5 Å². The van der Waals surface area contributed by atoms with Crippen LogP contribution in [-0.4, -0.2) is 26.9 Å². The van der Waals surface area contributed by atoms with Gasteiger partial charge in [0.1, 0.15) is 11.6 Å². The maximum absolute atomic E-state index is 13.3. The fraction of sp³-hybridized carbons (Fsp3) is 0.417. The van der Waals surface area contributed by atoms with E-state index < -0.39 is 0 Å². The number of hydrogen-bond donors (Lipinski definition) is 0. The summed E-state index contributed by atoms with van der Waals surface area (Å²) in [5.74, 6) is 0.733. The van der Waals surface area contributed by atoms with Crippen molar-refractivity contribution in [3.8, 4) is 0 Å². The first kappa shape index (κ1) is 20.9. The summed E-state index contributed by atoms with van der Waals surface area (Å²) in [6, 6.07) is 11.9. The molecule has 3 aromatic rings. The SMILES string of the molecule is CC(C)CN(Cc1nc2ccc(Cl)cc2n1C1CCCC1)C(=O)c1ccc(F)cc1. The number of benzene rings is 2. The average Bonchev–Trinajstić information content (AvgIpc) is 3.34. The van der Waals surface area contributed by atoms with Crippen LogP contribution in [0.15, 0.2) is 42.5 Å². The van der Waals surface area contributed by atoms with E-state index in [9.17, 15) is 9.18 Å². The van der Waals surface area contributed by atoms with Crippen molar-refractivity contribution in [1.29, 1.82) is 0 Å². The van der Waals surface area contributed by atoms with E-state index in [0.29, 0.717) is 35.6 Å². The van der Waals surface area contributed by atoms with Gasteiger partial charge >= 0.3 is 0 Å². The number of nitrogens with zero attached hydrogens (tertiary/aromatic N) is 3. The predicted octanol–water partition coefficient (Wildman–Crippen LogP) is 6.24. The molecule has 1 aliphatic rings. The van der Waals surface area contributed by atoms with Gasteiger partial charge in [-0.05, 0) is 61.2 Å². The number of fused-ring (bicyclic) bond motifs is 1. The molecule has 1 heterocycles. The Morgan fingerprint density at radius 3 is 2.57 bits per heavy atom. The van der Waals surface area contributed by atoms with Crippen LogP contribution < -0.4 is 0 Å². The van der Waals surface area contributed by atoms with Crippen LogP contribution in [0.1, 0.15) is 61.8 Å². The van der Waals surface area contributed by atoms with Gasteiger partial charge in [-0.25, -0.2) is 9.37 Å². The minimum absolute atomic E-state index is 0.105. The van der Waals surface area contributed by atoms with E-state index in [1.165, 1.54) is 25.0 Å². The van der Waals surface area contributed by atoms with Crippen molar-refractivity contribution in [3.63, 3.8) is 0 Å². The van der Waals surface area contributed by atoms with Gasteiger partial charge in [0.05, 0.1) is 17.6 Å². The molecule has 2 aromatic carbocycles. The van der Waals surface area contributed by atoms with Gasteiger partial charge in [-0.15, -0.1) is 0 Å². The van der Waals surface area contributed by atoms with E-state index in [-0.39, 0.29) is 11.7 Å². The van der Waals surface area contributed by atoms with Crippen molar-refractivity contribution in [2.75, 3.05) is 6.54 Å². The molecule has 4 rings (SSSR count). The second-order valence-electron chi connectivity index (χ2n) is 8.56. The first-order chi connectivity index (χ1) is 14.4. The predicted molar refractivity (Wildman–Crippen MR) is 118 cm³/mol. The second-order valence-corrected chi connectivity index (χ2v) is 8.99. The van der Waals surface area contributed by atoms with E-state index in [0.717, 1.165) is 29.7 Å². The molecule has 6 heteroatoms. The Kier molecular flexibility index (Phi) is 6.09. The number of carbonyl (C=O) groups is 1. The summed E-state index contributed by atoms with van der Waals surface area (Å²) in [7, 11) is 0. The van der Waals surface area contributed by atoms with Crippen molar-refractivity contribution in [3.05, 3.63) is 64.7 Å². The molecule has 0 radical (unpaired) electrons. The summed E-state index contributed by atoms with van der Waals surface area (Å²) in [5, 5.41) is 0.689. The van der Waals surface area contributed by atoms with Gasteiger partial charge in [0.25, 0.3) is 5.91 Å². The molecule has 0 aliphatic heterocycles. The molecular weight excluding hydrogens is 401 g/mol. The third-order valence-electron chi connectivity index (χ3n) is 5.71. The highest BCUT2D eigenvalue weighted by atomic mass is 35.5. The van der Waals surface area contributed by atoms with Gasteiger partial charge in [-0.1, -0.05) is 38.3 Å². The minimum atomic E-state index is -0.345. The molecule has 0 spiro atoms. The van der Waals surface area contributed by atoms with Crippen LogP contribution in [-0.2, 0) is 6.54 Å². The van der Waals surface area contributed by atoms with Crippen LogP contribution in [0.5, 0.6) is 0 Å². The van der Waals surface area contributed by atoms with Gasteiger partial charge in [0, 0.05) is 23.2 Å². The van der Waals surface area contributed by atoms with Gasteiger partial charge in [-0.3, -0.25) is 4.79 Å². The molecule has 0 atom stereocenters. The molecular formula is C24H27ClFN3O. The lowest BCUT2D eigenvalue weighted by molar-refractivity contribution is 0.0715. The first-order valence-electron chi connectivity index (χ1n) is 10.6. The molecule has 0 saturated heterocycles. The van der Waals surface area contributed by atoms with Crippen LogP contribution in [0.25, 0.3) is 11.0 Å². The highest BCUT2D eigenvalue weighted by Gasteiger charge is 2.26. The number of aromatic nitrogens is 2. The highest BCUT2D eigenvalue weighted by Crippen LogP contribution is 2.35. The van der Waals surface area contributed by atoms with E-state index in [2.05, 4.69) is 18.4 Å². The van der Waals surface area contributed by atoms with Gasteiger partial charge in [0.15, 0.2) is 0 Å². The lowest BCUT2D eigenvalue weighted by atomic mass is 10.1. The third-order valence-corrected chi connectivity index (χ3v) is 5.95. The Labute approximate surface area is 181 Å². The maximum Gasteiger partial charge on any atom is 0.254 e. The van der Waals surface area contributed by atoms with Crippen LogP contribution in [0.3, 0.4) is 0 Å². The zero-order valence-corrected chi connectivity index (χ0v) is 18.2. The fourth-order valence-corrected chi connectivity index (χ4v) is 4.57. The standard InChI is InChI=1S/C24H27ClFN3O/c1-16(2)14-28(24(30)17-7-10-19(26)11-8-17)15-23-27-21-12-9-18(25)13-22(21)29(23)20-5-3-4-6-20/h7-13,16,20H,3-6,14-15H2,1-2H3. The van der Waals surface area contributed by atoms with E-state index in [1.54, 1.807) is 12.1 Å². The third kappa shape index (κ3) is 4.36. The van der Waals surface area contributed by atoms with Crippen LogP contribution in [0, 0.1) is 11.7 Å². The Morgan fingerprint density at radius 1 is 1.20 bits per heavy atom. The van der Waals surface area contributed by atoms with Crippen LogP contribution in [0.4, 0.5) is 4.39 Å². The normalized spacial score (nSPS) is 14.7. The zero-order chi connectivity index (χ0) is 21.3. The number of carbonyl (C=O) groups excluding carboxylic acids is 1. The Bertz CT molecular complexity index is 1040. The molecule has 0 bridgehead atoms. The van der Waals surface area contributed by atoms with Crippen molar-refractivity contribution in [1.82, 2.24) is 14.5 Å². The highest BCUT2D eigenvalue weighted by molar-refractivity contribution is 6.31. The number of rotatable bonds is 6. The molecule has 1 amide bonds. The Hall–Kier alpha value is -2.40. The first-order valence-corrected chi connectivity index (χ1v) is 11.0. The fourth-order valence-electron chi connectivity index (χ4n) is 4.40. The number of halogens is 2. The summed E-state index contributed by atoms with van der Waals surface area (Å²) in [5.41, 5.74) is 2.42. The topological polar surface area (TPSA) is 38.1 Å². The molecule has 1 aromatic heterocycles. The second kappa shape index (κ2) is 8.76. The number of imidazole rings is 1. The maximum atomic E-state index is 13.3. The van der Waals surface area contributed by atoms with E-state index in [4.69, 9.17) is 16.6 Å². The quantitative estimate of drug-likeness (QED) is 0.466. The molecule has 0 N–H and O–H groups in total. The van der Waals surface area contributed by atoms with E-state index >= 15 is 0 Å². The van der Waals surface area contributed by atoms with Crippen molar-refractivity contribution < 1.29 is 9.18 Å². The smallest absolute Gasteiger partial charge is 0.254 e. The number of hydrogen-bond acceptors (Lipinski definition) is 2. The summed E-state index contributed by atoms with van der Waals surface area (Å²) in [6.07, 6.45) is 4.63. The zero-order valence-electron chi connectivity index (χ0n) is 17.4.